The number of nitrogens with one attached hydrogen (secondary N) is 1. The minimum atomic E-state index is -3.94. The molecule has 0 atom stereocenters. The predicted molar refractivity (Wildman–Crippen MR) is 123 cm³/mol. The third-order valence-corrected chi connectivity index (χ3v) is 7.08. The summed E-state index contributed by atoms with van der Waals surface area (Å²) >= 11 is 0. The van der Waals surface area contributed by atoms with Crippen molar-refractivity contribution in [3.8, 4) is 0 Å². The van der Waals surface area contributed by atoms with Gasteiger partial charge in [-0.1, -0.05) is 24.3 Å². The van der Waals surface area contributed by atoms with Crippen LogP contribution in [-0.4, -0.2) is 38.4 Å². The number of fused-ring (bicyclic) bond motifs is 1. The number of sulfonamides is 1. The van der Waals surface area contributed by atoms with E-state index < -0.39 is 44.9 Å². The highest BCUT2D eigenvalue weighted by Gasteiger charge is 2.31. The summed E-state index contributed by atoms with van der Waals surface area (Å²) in [4.78, 5) is 34.6. The zero-order valence-corrected chi connectivity index (χ0v) is 18.8. The molecule has 3 aromatic carbocycles. The highest BCUT2D eigenvalue weighted by Crippen LogP contribution is 2.33. The van der Waals surface area contributed by atoms with Gasteiger partial charge in [0.1, 0.15) is 11.5 Å². The molecule has 180 valence electrons. The van der Waals surface area contributed by atoms with Gasteiger partial charge in [0.15, 0.2) is 6.61 Å². The van der Waals surface area contributed by atoms with E-state index in [1.165, 1.54) is 22.5 Å². The molecular formula is C23H18FN3O7S. The van der Waals surface area contributed by atoms with Crippen molar-refractivity contribution in [1.82, 2.24) is 0 Å². The number of benzene rings is 3. The van der Waals surface area contributed by atoms with Crippen LogP contribution in [0, 0.1) is 15.9 Å². The lowest BCUT2D eigenvalue weighted by atomic mass is 10.2. The molecule has 1 aliphatic rings. The van der Waals surface area contributed by atoms with Gasteiger partial charge in [0.05, 0.1) is 27.1 Å². The molecule has 0 unspecified atom stereocenters. The number of amides is 1. The molecule has 1 heterocycles. The van der Waals surface area contributed by atoms with Gasteiger partial charge in [0, 0.05) is 6.54 Å². The Morgan fingerprint density at radius 3 is 2.63 bits per heavy atom. The number of hydrogen-bond donors (Lipinski definition) is 1. The number of anilines is 2. The van der Waals surface area contributed by atoms with Crippen LogP contribution in [0.1, 0.15) is 15.9 Å². The van der Waals surface area contributed by atoms with Crippen LogP contribution in [0.15, 0.2) is 71.6 Å². The molecule has 1 N–H and O–H groups in total. The molecular weight excluding hydrogens is 481 g/mol. The number of nitro groups is 1. The first-order valence-corrected chi connectivity index (χ1v) is 11.7. The van der Waals surface area contributed by atoms with Crippen molar-refractivity contribution in [1.29, 1.82) is 0 Å². The maximum absolute atomic E-state index is 13.2. The first-order chi connectivity index (χ1) is 16.7. The van der Waals surface area contributed by atoms with Gasteiger partial charge in [-0.25, -0.2) is 17.6 Å². The minimum absolute atomic E-state index is 0.0980. The second-order valence-electron chi connectivity index (χ2n) is 7.53. The Bertz CT molecular complexity index is 1440. The number of carbonyl (C=O) groups excluding carboxylic acids is 2. The van der Waals surface area contributed by atoms with Crippen molar-refractivity contribution >= 4 is 39.0 Å². The average molecular weight is 499 g/mol. The SMILES string of the molecule is O=C(COC(=O)c1cccc(S(=O)(=O)N2CCc3ccccc32)c1)Nc1ccc(F)cc1[N+](=O)[O-]. The fraction of sp³-hybridized carbons (Fsp3) is 0.130. The largest absolute Gasteiger partial charge is 0.452 e. The molecule has 0 radical (unpaired) electrons. The maximum Gasteiger partial charge on any atom is 0.338 e. The normalized spacial score (nSPS) is 12.7. The van der Waals surface area contributed by atoms with E-state index in [1.54, 1.807) is 12.1 Å². The Morgan fingerprint density at radius 1 is 1.09 bits per heavy atom. The van der Waals surface area contributed by atoms with E-state index in [0.29, 0.717) is 18.2 Å². The minimum Gasteiger partial charge on any atom is -0.452 e. The molecule has 4 rings (SSSR count). The molecule has 35 heavy (non-hydrogen) atoms. The molecule has 0 aliphatic carbocycles. The van der Waals surface area contributed by atoms with Gasteiger partial charge >= 0.3 is 5.97 Å². The van der Waals surface area contributed by atoms with Crippen molar-refractivity contribution in [3.05, 3.63) is 93.8 Å². The molecule has 10 nitrogen and oxygen atoms in total. The molecule has 0 fully saturated rings. The summed E-state index contributed by atoms with van der Waals surface area (Å²) in [5.41, 5.74) is 0.452. The van der Waals surface area contributed by atoms with E-state index in [2.05, 4.69) is 5.32 Å². The van der Waals surface area contributed by atoms with Gasteiger partial charge in [-0.3, -0.25) is 19.2 Å². The second kappa shape index (κ2) is 9.50. The molecule has 0 saturated heterocycles. The van der Waals surface area contributed by atoms with Crippen LogP contribution in [0.5, 0.6) is 0 Å². The first kappa shape index (κ1) is 23.8. The van der Waals surface area contributed by atoms with Crippen LogP contribution in [-0.2, 0) is 26.0 Å². The molecule has 0 bridgehead atoms. The molecule has 0 spiro atoms. The Hall–Kier alpha value is -4.32. The molecule has 1 amide bonds. The monoisotopic (exact) mass is 499 g/mol. The van der Waals surface area contributed by atoms with Crippen LogP contribution in [0.3, 0.4) is 0 Å². The number of ether oxygens (including phenoxy) is 1. The lowest BCUT2D eigenvalue weighted by Gasteiger charge is -2.19. The maximum atomic E-state index is 13.2. The van der Waals surface area contributed by atoms with Crippen LogP contribution in [0.25, 0.3) is 0 Å². The third-order valence-electron chi connectivity index (χ3n) is 5.27. The second-order valence-corrected chi connectivity index (χ2v) is 9.39. The van der Waals surface area contributed by atoms with Crippen molar-refractivity contribution in [3.63, 3.8) is 0 Å². The van der Waals surface area contributed by atoms with Crippen molar-refractivity contribution in [2.45, 2.75) is 11.3 Å². The van der Waals surface area contributed by atoms with Gasteiger partial charge in [0.25, 0.3) is 21.6 Å². The number of nitro benzene ring substituents is 1. The highest BCUT2D eigenvalue weighted by atomic mass is 32.2. The summed E-state index contributed by atoms with van der Waals surface area (Å²) in [5, 5.41) is 13.2. The van der Waals surface area contributed by atoms with Gasteiger partial charge in [-0.2, -0.15) is 0 Å². The Labute approximate surface area is 199 Å². The summed E-state index contributed by atoms with van der Waals surface area (Å²) in [6, 6.07) is 14.9. The van der Waals surface area contributed by atoms with E-state index in [9.17, 15) is 32.5 Å². The number of rotatable bonds is 7. The molecule has 0 aromatic heterocycles. The molecule has 3 aromatic rings. The van der Waals surface area contributed by atoms with E-state index in [4.69, 9.17) is 4.74 Å². The fourth-order valence-corrected chi connectivity index (χ4v) is 5.18. The molecule has 0 saturated carbocycles. The standard InChI is InChI=1S/C23H18FN3O7S/c24-17-8-9-19(21(13-17)27(30)31)25-22(28)14-34-23(29)16-5-3-6-18(12-16)35(32,33)26-11-10-15-4-1-2-7-20(15)26/h1-9,12-13H,10-11,14H2,(H,25,28). The summed E-state index contributed by atoms with van der Waals surface area (Å²) in [5.74, 6) is -2.72. The highest BCUT2D eigenvalue weighted by molar-refractivity contribution is 7.92. The summed E-state index contributed by atoms with van der Waals surface area (Å²) < 4.78 is 45.8. The van der Waals surface area contributed by atoms with E-state index in [-0.39, 0.29) is 22.7 Å². The number of para-hydroxylation sites is 1. The summed E-state index contributed by atoms with van der Waals surface area (Å²) in [6.07, 6.45) is 0.568. The zero-order valence-electron chi connectivity index (χ0n) is 18.0. The Morgan fingerprint density at radius 2 is 1.86 bits per heavy atom. The van der Waals surface area contributed by atoms with Gasteiger partial charge in [-0.05, 0) is 48.4 Å². The lowest BCUT2D eigenvalue weighted by Crippen LogP contribution is -2.29. The number of hydrogen-bond acceptors (Lipinski definition) is 7. The van der Waals surface area contributed by atoms with Crippen LogP contribution < -0.4 is 9.62 Å². The van der Waals surface area contributed by atoms with Crippen molar-refractivity contribution in [2.75, 3.05) is 22.8 Å². The quantitative estimate of drug-likeness (QED) is 0.299. The van der Waals surface area contributed by atoms with E-state index in [0.717, 1.165) is 23.8 Å². The third kappa shape index (κ3) is 4.96. The molecule has 1 aliphatic heterocycles. The number of nitrogens with zero attached hydrogens (tertiary/aromatic N) is 2. The van der Waals surface area contributed by atoms with Crippen molar-refractivity contribution in [2.24, 2.45) is 0 Å². The zero-order chi connectivity index (χ0) is 25.2. The summed E-state index contributed by atoms with van der Waals surface area (Å²) in [7, 11) is -3.94. The van der Waals surface area contributed by atoms with E-state index >= 15 is 0 Å². The first-order valence-electron chi connectivity index (χ1n) is 10.3. The smallest absolute Gasteiger partial charge is 0.338 e. The van der Waals surface area contributed by atoms with Crippen LogP contribution in [0.2, 0.25) is 0 Å². The van der Waals surface area contributed by atoms with Crippen molar-refractivity contribution < 1.29 is 32.1 Å². The predicted octanol–water partition coefficient (Wildman–Crippen LogP) is 3.28. The Kier molecular flexibility index (Phi) is 6.47. The Balaban J connectivity index is 1.44. The van der Waals surface area contributed by atoms with Crippen LogP contribution in [0.4, 0.5) is 21.5 Å². The lowest BCUT2D eigenvalue weighted by molar-refractivity contribution is -0.384. The number of halogens is 1. The average Bonchev–Trinajstić information content (AvgIpc) is 3.29. The van der Waals surface area contributed by atoms with Gasteiger partial charge in [0.2, 0.25) is 0 Å². The molecule has 12 heteroatoms. The summed E-state index contributed by atoms with van der Waals surface area (Å²) in [6.45, 7) is -0.532. The number of carbonyl (C=O) groups is 2. The van der Waals surface area contributed by atoms with Crippen LogP contribution >= 0.6 is 0 Å². The fourth-order valence-electron chi connectivity index (χ4n) is 3.63. The van der Waals surface area contributed by atoms with Gasteiger partial charge < -0.3 is 10.1 Å². The topological polar surface area (TPSA) is 136 Å². The number of esters is 1. The van der Waals surface area contributed by atoms with Gasteiger partial charge in [-0.15, -0.1) is 0 Å². The van der Waals surface area contributed by atoms with E-state index in [1.807, 2.05) is 12.1 Å².